The number of nitrogens with one attached hydrogen (secondary N) is 1. The number of aromatic nitrogens is 2. The second kappa shape index (κ2) is 6.01. The predicted molar refractivity (Wildman–Crippen MR) is 85.9 cm³/mol. The zero-order chi connectivity index (χ0) is 13.8. The van der Waals surface area contributed by atoms with Crippen molar-refractivity contribution in [3.8, 4) is 0 Å². The maximum atomic E-state index is 4.16. The second-order valence-corrected chi connectivity index (χ2v) is 5.38. The zero-order valence-corrected chi connectivity index (χ0v) is 12.5. The van der Waals surface area contributed by atoms with E-state index in [2.05, 4.69) is 67.6 Å². The molecule has 20 heavy (non-hydrogen) atoms. The van der Waals surface area contributed by atoms with Gasteiger partial charge < -0.3 is 5.32 Å². The summed E-state index contributed by atoms with van der Waals surface area (Å²) in [5.74, 6) is 0.862. The lowest BCUT2D eigenvalue weighted by atomic mass is 10.0. The molecular weight excluding hydrogens is 314 g/mol. The summed E-state index contributed by atoms with van der Waals surface area (Å²) < 4.78 is 1.14. The molecule has 0 unspecified atom stereocenters. The van der Waals surface area contributed by atoms with E-state index in [1.54, 1.807) is 12.5 Å². The summed E-state index contributed by atoms with van der Waals surface area (Å²) in [6.07, 6.45) is 4.25. The molecule has 0 fully saturated rings. The second-order valence-electron chi connectivity index (χ2n) is 4.52. The molecule has 0 saturated heterocycles. The first-order valence-electron chi connectivity index (χ1n) is 6.50. The molecule has 4 heteroatoms. The fourth-order valence-corrected chi connectivity index (χ4v) is 2.74. The lowest BCUT2D eigenvalue weighted by Crippen LogP contribution is -2.06. The largest absolute Gasteiger partial charge is 0.370 e. The van der Waals surface area contributed by atoms with E-state index >= 15 is 0 Å². The maximum Gasteiger partial charge on any atom is 0.129 e. The van der Waals surface area contributed by atoms with Crippen LogP contribution in [0.15, 0.2) is 59.5 Å². The standard InChI is InChI=1S/C16H14BrN3/c17-15-6-5-12(13-3-1-2-4-14(13)15)7-10-19-16-8-9-18-11-20-16/h1-6,8-9,11H,7,10H2,(H,18,19,20). The van der Waals surface area contributed by atoms with Crippen molar-refractivity contribution in [1.82, 2.24) is 9.97 Å². The van der Waals surface area contributed by atoms with E-state index in [0.29, 0.717) is 0 Å². The van der Waals surface area contributed by atoms with Gasteiger partial charge in [0.15, 0.2) is 0 Å². The fraction of sp³-hybridized carbons (Fsp3) is 0.125. The van der Waals surface area contributed by atoms with E-state index < -0.39 is 0 Å². The number of fused-ring (bicyclic) bond motifs is 1. The Kier molecular flexibility index (Phi) is 3.92. The summed E-state index contributed by atoms with van der Waals surface area (Å²) in [5, 5.41) is 5.86. The van der Waals surface area contributed by atoms with Gasteiger partial charge in [-0.05, 0) is 34.9 Å². The quantitative estimate of drug-likeness (QED) is 0.785. The van der Waals surface area contributed by atoms with Crippen LogP contribution < -0.4 is 5.32 Å². The minimum Gasteiger partial charge on any atom is -0.370 e. The summed E-state index contributed by atoms with van der Waals surface area (Å²) in [6, 6.07) is 14.6. The number of hydrogen-bond acceptors (Lipinski definition) is 3. The first-order valence-corrected chi connectivity index (χ1v) is 7.30. The monoisotopic (exact) mass is 327 g/mol. The van der Waals surface area contributed by atoms with E-state index in [1.807, 2.05) is 6.07 Å². The molecule has 0 aliphatic carbocycles. The Labute approximate surface area is 126 Å². The summed E-state index contributed by atoms with van der Waals surface area (Å²) in [6.45, 7) is 0.850. The minimum atomic E-state index is 0.850. The number of hydrogen-bond donors (Lipinski definition) is 1. The predicted octanol–water partition coefficient (Wildman–Crippen LogP) is 4.05. The molecule has 0 spiro atoms. The summed E-state index contributed by atoms with van der Waals surface area (Å²) in [5.41, 5.74) is 1.34. The van der Waals surface area contributed by atoms with Gasteiger partial charge in [0, 0.05) is 17.2 Å². The molecule has 1 aromatic heterocycles. The Bertz CT molecular complexity index is 713. The Hall–Kier alpha value is -1.94. The number of benzene rings is 2. The van der Waals surface area contributed by atoms with E-state index in [-0.39, 0.29) is 0 Å². The average Bonchev–Trinajstić information content (AvgIpc) is 2.51. The zero-order valence-electron chi connectivity index (χ0n) is 10.9. The lowest BCUT2D eigenvalue weighted by Gasteiger charge is -2.09. The molecule has 0 bridgehead atoms. The summed E-state index contributed by atoms with van der Waals surface area (Å²) >= 11 is 3.60. The van der Waals surface area contributed by atoms with E-state index in [1.165, 1.54) is 16.3 Å². The van der Waals surface area contributed by atoms with Crippen LogP contribution >= 0.6 is 15.9 Å². The molecule has 0 amide bonds. The molecular formula is C16H14BrN3. The molecule has 0 atom stereocenters. The van der Waals surface area contributed by atoms with E-state index in [9.17, 15) is 0 Å². The topological polar surface area (TPSA) is 37.8 Å². The van der Waals surface area contributed by atoms with Gasteiger partial charge in [-0.25, -0.2) is 9.97 Å². The first-order chi connectivity index (χ1) is 9.84. The Balaban J connectivity index is 1.77. The smallest absolute Gasteiger partial charge is 0.129 e. The Morgan fingerprint density at radius 1 is 1.00 bits per heavy atom. The van der Waals surface area contributed by atoms with Gasteiger partial charge in [-0.15, -0.1) is 0 Å². The van der Waals surface area contributed by atoms with Gasteiger partial charge in [0.1, 0.15) is 12.1 Å². The third-order valence-electron chi connectivity index (χ3n) is 3.24. The highest BCUT2D eigenvalue weighted by atomic mass is 79.9. The molecule has 0 radical (unpaired) electrons. The van der Waals surface area contributed by atoms with Crippen LogP contribution in [0.25, 0.3) is 10.8 Å². The van der Waals surface area contributed by atoms with Gasteiger partial charge in [-0.2, -0.15) is 0 Å². The van der Waals surface area contributed by atoms with Crippen LogP contribution in [-0.4, -0.2) is 16.5 Å². The number of halogens is 1. The van der Waals surface area contributed by atoms with Gasteiger partial charge >= 0.3 is 0 Å². The van der Waals surface area contributed by atoms with Crippen molar-refractivity contribution in [3.63, 3.8) is 0 Å². The van der Waals surface area contributed by atoms with Gasteiger partial charge in [-0.3, -0.25) is 0 Å². The van der Waals surface area contributed by atoms with Crippen LogP contribution in [0.3, 0.4) is 0 Å². The Morgan fingerprint density at radius 2 is 1.85 bits per heavy atom. The summed E-state index contributed by atoms with van der Waals surface area (Å²) in [7, 11) is 0. The number of rotatable bonds is 4. The van der Waals surface area contributed by atoms with Crippen LogP contribution in [0, 0.1) is 0 Å². The fourth-order valence-electron chi connectivity index (χ4n) is 2.26. The van der Waals surface area contributed by atoms with Crippen molar-refractivity contribution in [1.29, 1.82) is 0 Å². The van der Waals surface area contributed by atoms with Gasteiger partial charge in [0.2, 0.25) is 0 Å². The first kappa shape index (κ1) is 13.1. The van der Waals surface area contributed by atoms with Crippen LogP contribution in [0.2, 0.25) is 0 Å². The van der Waals surface area contributed by atoms with Crippen molar-refractivity contribution in [2.45, 2.75) is 6.42 Å². The van der Waals surface area contributed by atoms with Gasteiger partial charge in [0.05, 0.1) is 0 Å². The summed E-state index contributed by atoms with van der Waals surface area (Å²) in [4.78, 5) is 8.06. The molecule has 2 aromatic carbocycles. The normalized spacial score (nSPS) is 10.7. The van der Waals surface area contributed by atoms with E-state index in [0.717, 1.165) is 23.3 Å². The lowest BCUT2D eigenvalue weighted by molar-refractivity contribution is 1.01. The minimum absolute atomic E-state index is 0.850. The third-order valence-corrected chi connectivity index (χ3v) is 3.94. The van der Waals surface area contributed by atoms with Crippen LogP contribution in [-0.2, 0) is 6.42 Å². The van der Waals surface area contributed by atoms with Crippen molar-refractivity contribution in [2.75, 3.05) is 11.9 Å². The van der Waals surface area contributed by atoms with Crippen molar-refractivity contribution in [2.24, 2.45) is 0 Å². The highest BCUT2D eigenvalue weighted by molar-refractivity contribution is 9.10. The average molecular weight is 328 g/mol. The Morgan fingerprint density at radius 3 is 2.65 bits per heavy atom. The third kappa shape index (κ3) is 2.80. The maximum absolute atomic E-state index is 4.16. The van der Waals surface area contributed by atoms with Crippen molar-refractivity contribution < 1.29 is 0 Å². The van der Waals surface area contributed by atoms with Gasteiger partial charge in [0.25, 0.3) is 0 Å². The van der Waals surface area contributed by atoms with Crippen molar-refractivity contribution in [3.05, 3.63) is 65.0 Å². The molecule has 1 heterocycles. The SMILES string of the molecule is Brc1ccc(CCNc2ccncn2)c2ccccc12. The molecule has 3 nitrogen and oxygen atoms in total. The van der Waals surface area contributed by atoms with Crippen LogP contribution in [0.4, 0.5) is 5.82 Å². The molecule has 0 aliphatic heterocycles. The van der Waals surface area contributed by atoms with Crippen LogP contribution in [0.1, 0.15) is 5.56 Å². The van der Waals surface area contributed by atoms with E-state index in [4.69, 9.17) is 0 Å². The molecule has 3 rings (SSSR count). The molecule has 0 saturated carbocycles. The molecule has 3 aromatic rings. The van der Waals surface area contributed by atoms with Gasteiger partial charge in [-0.1, -0.05) is 46.3 Å². The number of nitrogens with zero attached hydrogens (tertiary/aromatic N) is 2. The highest BCUT2D eigenvalue weighted by Crippen LogP contribution is 2.27. The highest BCUT2D eigenvalue weighted by Gasteiger charge is 2.03. The number of anilines is 1. The molecule has 100 valence electrons. The molecule has 1 N–H and O–H groups in total. The van der Waals surface area contributed by atoms with Crippen LogP contribution in [0.5, 0.6) is 0 Å². The van der Waals surface area contributed by atoms with Crippen molar-refractivity contribution >= 4 is 32.5 Å². The molecule has 0 aliphatic rings.